The average molecular weight is 271 g/mol. The van der Waals surface area contributed by atoms with Crippen molar-refractivity contribution in [3.63, 3.8) is 0 Å². The van der Waals surface area contributed by atoms with E-state index >= 15 is 0 Å². The molecule has 0 saturated heterocycles. The summed E-state index contributed by atoms with van der Waals surface area (Å²) in [5, 5.41) is 7.44. The number of nitrogens with one attached hydrogen (secondary N) is 1. The van der Waals surface area contributed by atoms with Crippen molar-refractivity contribution in [2.24, 2.45) is 12.8 Å². The molecule has 0 atom stereocenters. The largest absolute Gasteiger partial charge is 0.384 e. The van der Waals surface area contributed by atoms with E-state index in [1.165, 1.54) is 4.57 Å². The minimum absolute atomic E-state index is 0.0308. The van der Waals surface area contributed by atoms with Crippen LogP contribution in [0.4, 0.5) is 5.82 Å². The van der Waals surface area contributed by atoms with Crippen LogP contribution in [0.5, 0.6) is 0 Å². The Bertz CT molecular complexity index is 692. The molecule has 104 valence electrons. The molecule has 0 fully saturated rings. The van der Waals surface area contributed by atoms with Crippen molar-refractivity contribution < 1.29 is 0 Å². The summed E-state index contributed by atoms with van der Waals surface area (Å²) in [7, 11) is 3.50. The molecule has 3 N–H and O–H groups in total. The molecule has 0 amide bonds. The van der Waals surface area contributed by atoms with Gasteiger partial charge in [0.1, 0.15) is 5.84 Å². The lowest BCUT2D eigenvalue weighted by Gasteiger charge is -2.18. The number of hydrogen-bond donors (Lipinski definition) is 2. The van der Waals surface area contributed by atoms with Gasteiger partial charge in [-0.1, -0.05) is 18.2 Å². The fraction of sp³-hybridized carbons (Fsp3) is 0.214. The van der Waals surface area contributed by atoms with Gasteiger partial charge in [0, 0.05) is 38.6 Å². The summed E-state index contributed by atoms with van der Waals surface area (Å²) < 4.78 is 1.49. The van der Waals surface area contributed by atoms with Gasteiger partial charge in [0.25, 0.3) is 5.56 Å². The Morgan fingerprint density at radius 3 is 2.95 bits per heavy atom. The standard InChI is InChI=1S/C14H17N5O/c1-18-7-6-17-13(14(18)20)19(2)9-10-4-3-5-11(8-10)12(15)16/h3-8H,9H2,1-2H3,(H3,15,16). The van der Waals surface area contributed by atoms with E-state index in [0.29, 0.717) is 17.9 Å². The number of benzene rings is 1. The van der Waals surface area contributed by atoms with Crippen molar-refractivity contribution in [1.29, 1.82) is 5.41 Å². The van der Waals surface area contributed by atoms with Gasteiger partial charge in [-0.05, 0) is 11.6 Å². The zero-order valence-corrected chi connectivity index (χ0v) is 11.5. The fourth-order valence-electron chi connectivity index (χ4n) is 1.93. The van der Waals surface area contributed by atoms with Crippen molar-refractivity contribution in [3.8, 4) is 0 Å². The van der Waals surface area contributed by atoms with Gasteiger partial charge in [0.15, 0.2) is 5.82 Å². The maximum Gasteiger partial charge on any atom is 0.293 e. The van der Waals surface area contributed by atoms with Gasteiger partial charge in [-0.15, -0.1) is 0 Å². The minimum Gasteiger partial charge on any atom is -0.384 e. The van der Waals surface area contributed by atoms with Crippen LogP contribution >= 0.6 is 0 Å². The number of nitrogens with zero attached hydrogens (tertiary/aromatic N) is 3. The smallest absolute Gasteiger partial charge is 0.293 e. The number of anilines is 1. The molecule has 20 heavy (non-hydrogen) atoms. The third kappa shape index (κ3) is 2.85. The molecule has 0 radical (unpaired) electrons. The molecule has 0 unspecified atom stereocenters. The highest BCUT2D eigenvalue weighted by Crippen LogP contribution is 2.10. The number of aromatic nitrogens is 2. The lowest BCUT2D eigenvalue weighted by Crippen LogP contribution is -2.29. The topological polar surface area (TPSA) is 88.0 Å². The molecule has 0 spiro atoms. The van der Waals surface area contributed by atoms with Gasteiger partial charge >= 0.3 is 0 Å². The first kappa shape index (κ1) is 13.8. The number of nitrogen functional groups attached to an aromatic ring is 1. The molecule has 0 aliphatic carbocycles. The highest BCUT2D eigenvalue weighted by molar-refractivity contribution is 5.95. The zero-order chi connectivity index (χ0) is 14.7. The highest BCUT2D eigenvalue weighted by Gasteiger charge is 2.09. The lowest BCUT2D eigenvalue weighted by atomic mass is 10.1. The van der Waals surface area contributed by atoms with Crippen molar-refractivity contribution in [3.05, 3.63) is 58.1 Å². The van der Waals surface area contributed by atoms with Gasteiger partial charge in [-0.3, -0.25) is 10.2 Å². The minimum atomic E-state index is -0.141. The summed E-state index contributed by atoms with van der Waals surface area (Å²) in [5.41, 5.74) is 6.97. The van der Waals surface area contributed by atoms with Crippen molar-refractivity contribution in [2.45, 2.75) is 6.54 Å². The summed E-state index contributed by atoms with van der Waals surface area (Å²) in [6.07, 6.45) is 3.22. The molecule has 0 aliphatic rings. The Morgan fingerprint density at radius 2 is 2.25 bits per heavy atom. The van der Waals surface area contributed by atoms with Gasteiger partial charge in [0.2, 0.25) is 0 Å². The molecule has 1 aromatic heterocycles. The van der Waals surface area contributed by atoms with E-state index in [1.807, 2.05) is 25.2 Å². The quantitative estimate of drug-likeness (QED) is 0.633. The van der Waals surface area contributed by atoms with E-state index in [2.05, 4.69) is 4.98 Å². The van der Waals surface area contributed by atoms with E-state index in [4.69, 9.17) is 11.1 Å². The maximum absolute atomic E-state index is 12.0. The monoisotopic (exact) mass is 271 g/mol. The molecule has 1 heterocycles. The SMILES string of the molecule is CN(Cc1cccc(C(=N)N)c1)c1nccn(C)c1=O. The van der Waals surface area contributed by atoms with E-state index in [9.17, 15) is 4.79 Å². The van der Waals surface area contributed by atoms with Crippen LogP contribution < -0.4 is 16.2 Å². The summed E-state index contributed by atoms with van der Waals surface area (Å²) in [5.74, 6) is 0.423. The lowest BCUT2D eigenvalue weighted by molar-refractivity contribution is 0.802. The molecule has 0 saturated carbocycles. The van der Waals surface area contributed by atoms with E-state index < -0.39 is 0 Å². The Kier molecular flexibility index (Phi) is 3.84. The molecule has 2 rings (SSSR count). The molecule has 0 aliphatic heterocycles. The number of hydrogen-bond acceptors (Lipinski definition) is 4. The molecule has 2 aromatic rings. The molecular formula is C14H17N5O. The highest BCUT2D eigenvalue weighted by atomic mass is 16.1. The molecule has 6 nitrogen and oxygen atoms in total. The predicted molar refractivity (Wildman–Crippen MR) is 79.0 cm³/mol. The second-order valence-electron chi connectivity index (χ2n) is 4.64. The van der Waals surface area contributed by atoms with Gasteiger partial charge in [-0.2, -0.15) is 0 Å². The molecule has 6 heteroatoms. The zero-order valence-electron chi connectivity index (χ0n) is 11.5. The summed E-state index contributed by atoms with van der Waals surface area (Å²) in [4.78, 5) is 17.9. The van der Waals surface area contributed by atoms with Crippen molar-refractivity contribution in [1.82, 2.24) is 9.55 Å². The first-order valence-electron chi connectivity index (χ1n) is 6.15. The predicted octanol–water partition coefficient (Wildman–Crippen LogP) is 0.701. The third-order valence-corrected chi connectivity index (χ3v) is 3.02. The summed E-state index contributed by atoms with van der Waals surface area (Å²) in [6.45, 7) is 0.521. The number of aryl methyl sites for hydroxylation is 1. The third-order valence-electron chi connectivity index (χ3n) is 3.02. The van der Waals surface area contributed by atoms with Crippen LogP contribution in [0.25, 0.3) is 0 Å². The summed E-state index contributed by atoms with van der Waals surface area (Å²) in [6, 6.07) is 7.39. The van der Waals surface area contributed by atoms with Crippen molar-refractivity contribution in [2.75, 3.05) is 11.9 Å². The molecule has 1 aromatic carbocycles. The first-order chi connectivity index (χ1) is 9.49. The first-order valence-corrected chi connectivity index (χ1v) is 6.15. The van der Waals surface area contributed by atoms with Gasteiger partial charge in [-0.25, -0.2) is 4.98 Å². The van der Waals surface area contributed by atoms with Crippen LogP contribution in [0.1, 0.15) is 11.1 Å². The van der Waals surface area contributed by atoms with Gasteiger partial charge < -0.3 is 15.2 Å². The number of amidine groups is 1. The van der Waals surface area contributed by atoms with Crippen LogP contribution in [-0.4, -0.2) is 22.4 Å². The van der Waals surface area contributed by atoms with Gasteiger partial charge in [0.05, 0.1) is 0 Å². The van der Waals surface area contributed by atoms with Crippen LogP contribution in [0.15, 0.2) is 41.5 Å². The number of nitrogens with two attached hydrogens (primary N) is 1. The van der Waals surface area contributed by atoms with E-state index in [0.717, 1.165) is 5.56 Å². The van der Waals surface area contributed by atoms with Crippen LogP contribution in [0, 0.1) is 5.41 Å². The Hall–Kier alpha value is -2.63. The maximum atomic E-state index is 12.0. The number of rotatable bonds is 4. The average Bonchev–Trinajstić information content (AvgIpc) is 2.42. The van der Waals surface area contributed by atoms with Crippen LogP contribution in [0.2, 0.25) is 0 Å². The second kappa shape index (κ2) is 5.56. The van der Waals surface area contributed by atoms with E-state index in [-0.39, 0.29) is 11.4 Å². The summed E-state index contributed by atoms with van der Waals surface area (Å²) >= 11 is 0. The van der Waals surface area contributed by atoms with Crippen LogP contribution in [-0.2, 0) is 13.6 Å². The molecule has 0 bridgehead atoms. The Morgan fingerprint density at radius 1 is 1.50 bits per heavy atom. The van der Waals surface area contributed by atoms with Crippen molar-refractivity contribution >= 4 is 11.7 Å². The fourth-order valence-corrected chi connectivity index (χ4v) is 1.93. The van der Waals surface area contributed by atoms with E-state index in [1.54, 1.807) is 30.4 Å². The Labute approximate surface area is 117 Å². The second-order valence-corrected chi connectivity index (χ2v) is 4.64. The Balaban J connectivity index is 2.25. The molecular weight excluding hydrogens is 254 g/mol. The van der Waals surface area contributed by atoms with Crippen LogP contribution in [0.3, 0.4) is 0 Å². The normalized spacial score (nSPS) is 10.3.